The van der Waals surface area contributed by atoms with Crippen LogP contribution in [-0.4, -0.2) is 66.5 Å². The fraction of sp³-hybridized carbons (Fsp3) is 0.316. The maximum atomic E-state index is 12.6. The van der Waals surface area contributed by atoms with Gasteiger partial charge in [0.15, 0.2) is 0 Å². The van der Waals surface area contributed by atoms with Crippen LogP contribution < -0.4 is 5.32 Å². The van der Waals surface area contributed by atoms with Gasteiger partial charge in [0.25, 0.3) is 10.0 Å². The van der Waals surface area contributed by atoms with Crippen LogP contribution in [0.3, 0.4) is 0 Å². The number of amides is 1. The molecule has 1 amide bonds. The third-order valence-electron chi connectivity index (χ3n) is 4.83. The average Bonchev–Trinajstić information content (AvgIpc) is 3.41. The molecular weight excluding hydrogens is 442 g/mol. The zero-order valence-electron chi connectivity index (χ0n) is 16.3. The topological polar surface area (TPSA) is 95.5 Å². The highest BCUT2D eigenvalue weighted by Crippen LogP contribution is 2.28. The highest BCUT2D eigenvalue weighted by molar-refractivity contribution is 7.91. The van der Waals surface area contributed by atoms with Crippen LogP contribution in [0.25, 0.3) is 10.6 Å². The van der Waals surface area contributed by atoms with Gasteiger partial charge in [0.2, 0.25) is 11.0 Å². The van der Waals surface area contributed by atoms with Crippen LogP contribution in [0.5, 0.6) is 0 Å². The zero-order chi connectivity index (χ0) is 21.1. The van der Waals surface area contributed by atoms with Crippen molar-refractivity contribution in [3.63, 3.8) is 0 Å². The van der Waals surface area contributed by atoms with Crippen molar-refractivity contribution in [2.45, 2.75) is 11.1 Å². The Hall–Kier alpha value is -2.18. The van der Waals surface area contributed by atoms with Gasteiger partial charge in [-0.15, -0.1) is 21.5 Å². The first-order valence-electron chi connectivity index (χ1n) is 9.39. The van der Waals surface area contributed by atoms with E-state index in [1.165, 1.54) is 27.0 Å². The number of hydrogen-bond acceptors (Lipinski definition) is 8. The molecule has 0 radical (unpaired) electrons. The Bertz CT molecular complexity index is 1120. The summed E-state index contributed by atoms with van der Waals surface area (Å²) in [5, 5.41) is 14.0. The number of benzene rings is 1. The van der Waals surface area contributed by atoms with Gasteiger partial charge in [-0.05, 0) is 23.9 Å². The lowest BCUT2D eigenvalue weighted by Crippen LogP contribution is -2.50. The van der Waals surface area contributed by atoms with Crippen LogP contribution in [0.15, 0.2) is 46.0 Å². The second-order valence-corrected chi connectivity index (χ2v) is 11.0. The van der Waals surface area contributed by atoms with Crippen LogP contribution in [-0.2, 0) is 14.8 Å². The molecule has 0 bridgehead atoms. The van der Waals surface area contributed by atoms with Gasteiger partial charge < -0.3 is 0 Å². The number of thiophene rings is 1. The van der Waals surface area contributed by atoms with E-state index in [1.807, 2.05) is 36.1 Å². The Morgan fingerprint density at radius 3 is 2.57 bits per heavy atom. The quantitative estimate of drug-likeness (QED) is 0.604. The van der Waals surface area contributed by atoms with E-state index in [1.54, 1.807) is 17.5 Å². The number of nitrogens with zero attached hydrogens (tertiary/aromatic N) is 4. The zero-order valence-corrected chi connectivity index (χ0v) is 18.8. The lowest BCUT2D eigenvalue weighted by atomic mass is 10.1. The molecule has 158 valence electrons. The predicted molar refractivity (Wildman–Crippen MR) is 118 cm³/mol. The van der Waals surface area contributed by atoms with Crippen LogP contribution in [0.1, 0.15) is 5.56 Å². The number of sulfonamides is 1. The van der Waals surface area contributed by atoms with Crippen LogP contribution in [0.2, 0.25) is 0 Å². The molecule has 30 heavy (non-hydrogen) atoms. The summed E-state index contributed by atoms with van der Waals surface area (Å²) in [6, 6.07) is 11.2. The smallest absolute Gasteiger partial charge is 0.252 e. The second kappa shape index (κ2) is 8.90. The number of hydrogen-bond donors (Lipinski definition) is 1. The van der Waals surface area contributed by atoms with E-state index in [0.29, 0.717) is 35.5 Å². The Morgan fingerprint density at radius 1 is 1.10 bits per heavy atom. The van der Waals surface area contributed by atoms with E-state index in [0.717, 1.165) is 16.1 Å². The summed E-state index contributed by atoms with van der Waals surface area (Å²) < 4.78 is 27.0. The molecule has 1 fully saturated rings. The maximum absolute atomic E-state index is 12.6. The predicted octanol–water partition coefficient (Wildman–Crippen LogP) is 2.52. The van der Waals surface area contributed by atoms with Crippen molar-refractivity contribution in [3.8, 4) is 10.6 Å². The van der Waals surface area contributed by atoms with Crippen LogP contribution in [0.4, 0.5) is 5.13 Å². The summed E-state index contributed by atoms with van der Waals surface area (Å²) in [5.74, 6) is -0.183. The molecule has 4 rings (SSSR count). The number of carbonyl (C=O) groups is 1. The first-order chi connectivity index (χ1) is 14.4. The summed E-state index contributed by atoms with van der Waals surface area (Å²) in [6.07, 6.45) is 0. The van der Waals surface area contributed by atoms with E-state index in [-0.39, 0.29) is 12.5 Å². The van der Waals surface area contributed by atoms with Crippen molar-refractivity contribution in [1.82, 2.24) is 19.4 Å². The van der Waals surface area contributed by atoms with Gasteiger partial charge in [0, 0.05) is 31.7 Å². The number of rotatable bonds is 6. The number of aromatic nitrogens is 2. The normalized spacial score (nSPS) is 15.9. The summed E-state index contributed by atoms with van der Waals surface area (Å²) in [7, 11) is -3.44. The molecule has 3 heterocycles. The largest absolute Gasteiger partial charge is 0.299 e. The number of nitrogens with one attached hydrogen (secondary N) is 1. The molecule has 1 aliphatic heterocycles. The summed E-state index contributed by atoms with van der Waals surface area (Å²) in [6.45, 7) is 3.93. The molecule has 0 aliphatic carbocycles. The summed E-state index contributed by atoms with van der Waals surface area (Å²) >= 11 is 2.55. The van der Waals surface area contributed by atoms with Crippen LogP contribution in [0, 0.1) is 6.92 Å². The minimum atomic E-state index is -3.44. The molecule has 0 spiro atoms. The molecule has 0 atom stereocenters. The molecule has 0 unspecified atom stereocenters. The molecule has 1 aromatic carbocycles. The van der Waals surface area contributed by atoms with Gasteiger partial charge >= 0.3 is 0 Å². The van der Waals surface area contributed by atoms with E-state index >= 15 is 0 Å². The van der Waals surface area contributed by atoms with Crippen molar-refractivity contribution in [2.24, 2.45) is 0 Å². The van der Waals surface area contributed by atoms with Gasteiger partial charge in [-0.3, -0.25) is 15.0 Å². The van der Waals surface area contributed by atoms with Gasteiger partial charge in [-0.2, -0.15) is 4.31 Å². The Morgan fingerprint density at radius 2 is 1.87 bits per heavy atom. The van der Waals surface area contributed by atoms with Crippen molar-refractivity contribution < 1.29 is 13.2 Å². The lowest BCUT2D eigenvalue weighted by Gasteiger charge is -2.33. The molecular formula is C19H21N5O3S3. The van der Waals surface area contributed by atoms with Crippen molar-refractivity contribution in [2.75, 3.05) is 38.0 Å². The molecule has 1 saturated heterocycles. The Labute approximate surface area is 183 Å². The third-order valence-corrected chi connectivity index (χ3v) is 8.98. The maximum Gasteiger partial charge on any atom is 0.252 e. The average molecular weight is 464 g/mol. The summed E-state index contributed by atoms with van der Waals surface area (Å²) in [4.78, 5) is 14.4. The minimum Gasteiger partial charge on any atom is -0.299 e. The Balaban J connectivity index is 1.30. The molecule has 8 nitrogen and oxygen atoms in total. The first-order valence-corrected chi connectivity index (χ1v) is 12.5. The molecule has 3 aromatic rings. The molecule has 2 aromatic heterocycles. The number of piperazine rings is 1. The van der Waals surface area contributed by atoms with Gasteiger partial charge in [-0.1, -0.05) is 41.7 Å². The van der Waals surface area contributed by atoms with E-state index in [4.69, 9.17) is 0 Å². The third kappa shape index (κ3) is 4.60. The molecule has 1 aliphatic rings. The van der Waals surface area contributed by atoms with E-state index in [9.17, 15) is 13.2 Å². The van der Waals surface area contributed by atoms with E-state index in [2.05, 4.69) is 15.5 Å². The fourth-order valence-corrected chi connectivity index (χ4v) is 6.64. The summed E-state index contributed by atoms with van der Waals surface area (Å²) in [5.41, 5.74) is 2.10. The standard InChI is InChI=1S/C19H21N5O3S3/c1-14-5-2-3-6-15(14)18-21-22-19(29-18)20-16(25)13-23-8-10-24(11-9-23)30(26,27)17-7-4-12-28-17/h2-7,12H,8-11,13H2,1H3,(H,20,22,25). The number of anilines is 1. The van der Waals surface area contributed by atoms with Crippen molar-refractivity contribution in [1.29, 1.82) is 0 Å². The fourth-order valence-electron chi connectivity index (χ4n) is 3.22. The molecule has 11 heteroatoms. The highest BCUT2D eigenvalue weighted by Gasteiger charge is 2.29. The Kier molecular flexibility index (Phi) is 6.25. The second-order valence-electron chi connectivity index (χ2n) is 6.89. The minimum absolute atomic E-state index is 0.183. The number of aryl methyl sites for hydroxylation is 1. The van der Waals surface area contributed by atoms with Gasteiger partial charge in [0.05, 0.1) is 6.54 Å². The van der Waals surface area contributed by atoms with E-state index < -0.39 is 10.0 Å². The van der Waals surface area contributed by atoms with Gasteiger partial charge in [0.1, 0.15) is 9.22 Å². The van der Waals surface area contributed by atoms with Crippen molar-refractivity contribution >= 4 is 43.7 Å². The van der Waals surface area contributed by atoms with Gasteiger partial charge in [-0.25, -0.2) is 8.42 Å². The lowest BCUT2D eigenvalue weighted by molar-refractivity contribution is -0.117. The SMILES string of the molecule is Cc1ccccc1-c1nnc(NC(=O)CN2CCN(S(=O)(=O)c3cccs3)CC2)s1. The first kappa shape index (κ1) is 21.1. The van der Waals surface area contributed by atoms with Crippen molar-refractivity contribution in [3.05, 3.63) is 47.3 Å². The number of carbonyl (C=O) groups excluding carboxylic acids is 1. The molecule has 0 saturated carbocycles. The monoisotopic (exact) mass is 463 g/mol. The molecule has 1 N–H and O–H groups in total. The highest BCUT2D eigenvalue weighted by atomic mass is 32.2. The van der Waals surface area contributed by atoms with Crippen LogP contribution >= 0.6 is 22.7 Å².